The van der Waals surface area contributed by atoms with Crippen LogP contribution in [0.5, 0.6) is 11.5 Å². The first kappa shape index (κ1) is 34.7. The average Bonchev–Trinajstić information content (AvgIpc) is 3.72. The van der Waals surface area contributed by atoms with Crippen LogP contribution in [0.25, 0.3) is 10.9 Å². The molecular formula is C36H47N5O7. The second-order valence-corrected chi connectivity index (χ2v) is 13.6. The van der Waals surface area contributed by atoms with Crippen LogP contribution < -0.4 is 25.8 Å². The van der Waals surface area contributed by atoms with E-state index in [1.165, 1.54) is 0 Å². The van der Waals surface area contributed by atoms with Gasteiger partial charge in [-0.3, -0.25) is 14.4 Å². The first-order chi connectivity index (χ1) is 22.9. The van der Waals surface area contributed by atoms with Gasteiger partial charge in [0.1, 0.15) is 17.7 Å². The zero-order chi connectivity index (χ0) is 34.4. The van der Waals surface area contributed by atoms with Gasteiger partial charge in [-0.1, -0.05) is 25.1 Å². The van der Waals surface area contributed by atoms with Crippen molar-refractivity contribution in [2.75, 3.05) is 26.4 Å². The van der Waals surface area contributed by atoms with Gasteiger partial charge in [0, 0.05) is 41.7 Å². The Kier molecular flexibility index (Phi) is 10.9. The summed E-state index contributed by atoms with van der Waals surface area (Å²) in [7, 11) is 0. The number of piperidine rings is 1. The van der Waals surface area contributed by atoms with Crippen molar-refractivity contribution < 1.29 is 33.4 Å². The highest BCUT2D eigenvalue weighted by molar-refractivity contribution is 5.96. The lowest BCUT2D eigenvalue weighted by atomic mass is 9.90. The molecule has 1 unspecified atom stereocenters. The number of ether oxygens (including phenoxy) is 3. The highest BCUT2D eigenvalue weighted by Gasteiger charge is 2.37. The fraction of sp³-hybridized carbons (Fsp3) is 0.500. The Morgan fingerprint density at radius 2 is 1.83 bits per heavy atom. The first-order valence-corrected chi connectivity index (χ1v) is 16.7. The highest BCUT2D eigenvalue weighted by atomic mass is 16.7. The number of rotatable bonds is 12. The number of aromatic nitrogens is 1. The van der Waals surface area contributed by atoms with Crippen LogP contribution >= 0.6 is 0 Å². The molecule has 1 saturated heterocycles. The SMILES string of the molecule is C[C@@H](c1c[nH]c2ccccc12)[C@H](NC(=O)C1CCCN(C(=O)c2ccc3c(c2)OCO3)C1)C(=O)N[C@@H](CCCCN)C(=O)OC(C)(C)C. The number of benzene rings is 2. The van der Waals surface area contributed by atoms with E-state index < -0.39 is 41.4 Å². The van der Waals surface area contributed by atoms with Crippen molar-refractivity contribution in [1.82, 2.24) is 20.5 Å². The standard InChI is InChI=1S/C36H47N5O7/c1-22(26-19-38-27-12-6-5-11-25(26)27)31(33(43)39-28(13-7-8-16-37)35(45)48-36(2,3)4)40-32(42)24-10-9-17-41(20-24)34(44)23-14-15-29-30(18-23)47-21-46-29/h5-6,11-12,14-15,18-19,22,24,28,31,38H,7-10,13,16-17,20-21,37H2,1-4H3,(H,39,43)(H,40,42)/t22-,24?,28-,31-/m0/s1. The quantitative estimate of drug-likeness (QED) is 0.167. The summed E-state index contributed by atoms with van der Waals surface area (Å²) in [5, 5.41) is 6.85. The third kappa shape index (κ3) is 8.28. The number of nitrogens with two attached hydrogens (primary N) is 1. The van der Waals surface area contributed by atoms with E-state index in [0.29, 0.717) is 62.3 Å². The van der Waals surface area contributed by atoms with Crippen molar-refractivity contribution in [2.24, 2.45) is 11.7 Å². The molecule has 12 nitrogen and oxygen atoms in total. The van der Waals surface area contributed by atoms with E-state index in [2.05, 4.69) is 15.6 Å². The van der Waals surface area contributed by atoms with Crippen molar-refractivity contribution in [3.8, 4) is 11.5 Å². The second kappa shape index (κ2) is 15.1. The predicted molar refractivity (Wildman–Crippen MR) is 181 cm³/mol. The topological polar surface area (TPSA) is 165 Å². The van der Waals surface area contributed by atoms with Gasteiger partial charge in [0.15, 0.2) is 11.5 Å². The van der Waals surface area contributed by atoms with E-state index >= 15 is 0 Å². The molecular weight excluding hydrogens is 614 g/mol. The summed E-state index contributed by atoms with van der Waals surface area (Å²) in [6, 6.07) is 10.9. The second-order valence-electron chi connectivity index (χ2n) is 13.6. The zero-order valence-corrected chi connectivity index (χ0v) is 28.2. The molecule has 2 aromatic carbocycles. The minimum Gasteiger partial charge on any atom is -0.458 e. The number of carbonyl (C=O) groups is 4. The van der Waals surface area contributed by atoms with Gasteiger partial charge in [-0.15, -0.1) is 0 Å². The fourth-order valence-corrected chi connectivity index (χ4v) is 6.30. The van der Waals surface area contributed by atoms with Crippen LogP contribution in [0, 0.1) is 5.92 Å². The number of likely N-dealkylation sites (tertiary alicyclic amines) is 1. The van der Waals surface area contributed by atoms with Gasteiger partial charge in [0.05, 0.1) is 5.92 Å². The number of nitrogens with one attached hydrogen (secondary N) is 3. The summed E-state index contributed by atoms with van der Waals surface area (Å²) in [4.78, 5) is 59.7. The number of esters is 1. The van der Waals surface area contributed by atoms with Crippen molar-refractivity contribution in [3.63, 3.8) is 0 Å². The molecule has 1 aromatic heterocycles. The molecule has 4 atom stereocenters. The largest absolute Gasteiger partial charge is 0.458 e. The maximum Gasteiger partial charge on any atom is 0.329 e. The maximum atomic E-state index is 14.1. The van der Waals surface area contributed by atoms with Crippen LogP contribution in [-0.2, 0) is 19.1 Å². The first-order valence-electron chi connectivity index (χ1n) is 16.7. The summed E-state index contributed by atoms with van der Waals surface area (Å²) in [5.74, 6) is -1.47. The van der Waals surface area contributed by atoms with Gasteiger partial charge in [-0.05, 0) is 89.2 Å². The number of amides is 3. The van der Waals surface area contributed by atoms with E-state index in [0.717, 1.165) is 16.5 Å². The number of unbranched alkanes of at least 4 members (excludes halogenated alkanes) is 1. The number of aromatic amines is 1. The number of H-pyrrole nitrogens is 1. The van der Waals surface area contributed by atoms with Gasteiger partial charge >= 0.3 is 5.97 Å². The molecule has 3 aromatic rings. The van der Waals surface area contributed by atoms with Crippen LogP contribution in [0.1, 0.15) is 81.6 Å². The lowest BCUT2D eigenvalue weighted by Gasteiger charge is -2.34. The van der Waals surface area contributed by atoms with E-state index in [-0.39, 0.29) is 25.2 Å². The van der Waals surface area contributed by atoms with Gasteiger partial charge < -0.3 is 40.5 Å². The van der Waals surface area contributed by atoms with E-state index in [1.54, 1.807) is 43.9 Å². The Morgan fingerprint density at radius 1 is 1.06 bits per heavy atom. The van der Waals surface area contributed by atoms with Crippen molar-refractivity contribution in [1.29, 1.82) is 0 Å². The molecule has 3 amide bonds. The summed E-state index contributed by atoms with van der Waals surface area (Å²) in [6.07, 6.45) is 4.69. The van der Waals surface area contributed by atoms with Crippen LogP contribution in [-0.4, -0.2) is 77.7 Å². The molecule has 258 valence electrons. The number of carbonyl (C=O) groups excluding carboxylic acids is 4. The summed E-state index contributed by atoms with van der Waals surface area (Å²) in [5.41, 5.74) is 7.17. The Labute approximate surface area is 281 Å². The molecule has 0 radical (unpaired) electrons. The lowest BCUT2D eigenvalue weighted by molar-refractivity contribution is -0.159. The predicted octanol–water partition coefficient (Wildman–Crippen LogP) is 3.99. The molecule has 5 N–H and O–H groups in total. The molecule has 12 heteroatoms. The van der Waals surface area contributed by atoms with E-state index in [4.69, 9.17) is 19.9 Å². The molecule has 0 spiro atoms. The minimum atomic E-state index is -1.02. The molecule has 48 heavy (non-hydrogen) atoms. The minimum absolute atomic E-state index is 0.108. The van der Waals surface area contributed by atoms with Gasteiger partial charge in [-0.25, -0.2) is 4.79 Å². The summed E-state index contributed by atoms with van der Waals surface area (Å²) in [6.45, 7) is 8.48. The number of nitrogens with zero attached hydrogens (tertiary/aromatic N) is 1. The fourth-order valence-electron chi connectivity index (χ4n) is 6.30. The third-order valence-corrected chi connectivity index (χ3v) is 8.85. The Bertz CT molecular complexity index is 1630. The highest BCUT2D eigenvalue weighted by Crippen LogP contribution is 2.33. The average molecular weight is 662 g/mol. The monoisotopic (exact) mass is 661 g/mol. The maximum absolute atomic E-state index is 14.1. The molecule has 0 saturated carbocycles. The number of para-hydroxylation sites is 1. The van der Waals surface area contributed by atoms with Crippen molar-refractivity contribution >= 4 is 34.6 Å². The number of fused-ring (bicyclic) bond motifs is 2. The molecule has 3 heterocycles. The molecule has 2 aliphatic heterocycles. The van der Waals surface area contributed by atoms with Crippen LogP contribution in [0.15, 0.2) is 48.7 Å². The summed E-state index contributed by atoms with van der Waals surface area (Å²) < 4.78 is 16.5. The zero-order valence-electron chi connectivity index (χ0n) is 28.2. The normalized spacial score (nSPS) is 17.8. The van der Waals surface area contributed by atoms with Gasteiger partial charge in [-0.2, -0.15) is 0 Å². The molecule has 5 rings (SSSR count). The van der Waals surface area contributed by atoms with Crippen LogP contribution in [0.3, 0.4) is 0 Å². The van der Waals surface area contributed by atoms with Crippen LogP contribution in [0.4, 0.5) is 0 Å². The summed E-state index contributed by atoms with van der Waals surface area (Å²) >= 11 is 0. The Morgan fingerprint density at radius 3 is 2.60 bits per heavy atom. The van der Waals surface area contributed by atoms with Gasteiger partial charge in [0.25, 0.3) is 5.91 Å². The lowest BCUT2D eigenvalue weighted by Crippen LogP contribution is -2.56. The smallest absolute Gasteiger partial charge is 0.329 e. The molecule has 0 bridgehead atoms. The Hall–Kier alpha value is -4.58. The van der Waals surface area contributed by atoms with Crippen molar-refractivity contribution in [2.45, 2.75) is 83.4 Å². The van der Waals surface area contributed by atoms with Gasteiger partial charge in [0.2, 0.25) is 18.6 Å². The van der Waals surface area contributed by atoms with Crippen LogP contribution in [0.2, 0.25) is 0 Å². The Balaban J connectivity index is 1.36. The van der Waals surface area contributed by atoms with E-state index in [9.17, 15) is 19.2 Å². The molecule has 1 fully saturated rings. The molecule has 2 aliphatic rings. The number of hydrogen-bond donors (Lipinski definition) is 4. The molecule has 0 aliphatic carbocycles. The third-order valence-electron chi connectivity index (χ3n) is 8.85. The van der Waals surface area contributed by atoms with E-state index in [1.807, 2.05) is 37.4 Å². The number of hydrogen-bond acceptors (Lipinski definition) is 8. The van der Waals surface area contributed by atoms with Crippen molar-refractivity contribution in [3.05, 3.63) is 59.8 Å².